The fourth-order valence-electron chi connectivity index (χ4n) is 3.39. The lowest BCUT2D eigenvalue weighted by atomic mass is 9.73. The second kappa shape index (κ2) is 5.16. The predicted molar refractivity (Wildman–Crippen MR) is 64.8 cm³/mol. The van der Waals surface area contributed by atoms with Crippen molar-refractivity contribution in [1.29, 1.82) is 0 Å². The van der Waals surface area contributed by atoms with Crippen LogP contribution in [0.2, 0.25) is 0 Å². The van der Waals surface area contributed by atoms with Gasteiger partial charge in [-0.05, 0) is 19.3 Å². The molecule has 0 heterocycles. The molecule has 2 aliphatic rings. The van der Waals surface area contributed by atoms with Crippen LogP contribution in [0, 0.1) is 16.0 Å². The maximum Gasteiger partial charge on any atom is 0.282 e. The molecule has 5 nitrogen and oxygen atoms in total. The van der Waals surface area contributed by atoms with E-state index in [0.29, 0.717) is 25.7 Å². The smallest absolute Gasteiger partial charge is 0.282 e. The lowest BCUT2D eigenvalue weighted by Gasteiger charge is -2.30. The van der Waals surface area contributed by atoms with Gasteiger partial charge in [0.15, 0.2) is 0 Å². The summed E-state index contributed by atoms with van der Waals surface area (Å²) in [6, 6.07) is 0. The quantitative estimate of drug-likeness (QED) is 0.558. The Morgan fingerprint density at radius 1 is 1.11 bits per heavy atom. The zero-order valence-corrected chi connectivity index (χ0v) is 10.5. The molecule has 0 spiro atoms. The van der Waals surface area contributed by atoms with Gasteiger partial charge < -0.3 is 0 Å². The Morgan fingerprint density at radius 2 is 1.83 bits per heavy atom. The van der Waals surface area contributed by atoms with Gasteiger partial charge in [-0.2, -0.15) is 0 Å². The van der Waals surface area contributed by atoms with E-state index in [-0.39, 0.29) is 28.8 Å². The van der Waals surface area contributed by atoms with E-state index in [9.17, 15) is 19.7 Å². The predicted octanol–water partition coefficient (Wildman–Crippen LogP) is 2.29. The van der Waals surface area contributed by atoms with Gasteiger partial charge in [-0.3, -0.25) is 19.7 Å². The van der Waals surface area contributed by atoms with Crippen molar-refractivity contribution in [2.45, 2.75) is 63.3 Å². The Labute approximate surface area is 106 Å². The zero-order valence-electron chi connectivity index (χ0n) is 10.5. The first-order valence-electron chi connectivity index (χ1n) is 6.77. The van der Waals surface area contributed by atoms with Crippen molar-refractivity contribution in [3.63, 3.8) is 0 Å². The number of rotatable bonds is 2. The summed E-state index contributed by atoms with van der Waals surface area (Å²) in [5, 5.41) is 11.5. The molecule has 0 N–H and O–H groups in total. The molecule has 2 fully saturated rings. The van der Waals surface area contributed by atoms with Gasteiger partial charge in [0.1, 0.15) is 5.78 Å². The Hall–Kier alpha value is -1.26. The first kappa shape index (κ1) is 13.2. The van der Waals surface area contributed by atoms with Gasteiger partial charge in [0.05, 0.1) is 0 Å². The fraction of sp³-hybridized carbons (Fsp3) is 0.846. The molecular weight excluding hydrogens is 234 g/mol. The second-order valence-electron chi connectivity index (χ2n) is 5.50. The van der Waals surface area contributed by atoms with Crippen molar-refractivity contribution in [3.8, 4) is 0 Å². The Bertz CT molecular complexity index is 379. The first-order valence-corrected chi connectivity index (χ1v) is 6.77. The van der Waals surface area contributed by atoms with Gasteiger partial charge in [0.25, 0.3) is 5.54 Å². The minimum atomic E-state index is -1.47. The molecule has 0 bridgehead atoms. The highest BCUT2D eigenvalue weighted by molar-refractivity contribution is 5.89. The molecule has 0 radical (unpaired) electrons. The highest BCUT2D eigenvalue weighted by atomic mass is 16.6. The number of ketones is 2. The summed E-state index contributed by atoms with van der Waals surface area (Å²) >= 11 is 0. The topological polar surface area (TPSA) is 77.3 Å². The molecule has 0 aromatic carbocycles. The summed E-state index contributed by atoms with van der Waals surface area (Å²) in [7, 11) is 0. The van der Waals surface area contributed by atoms with Crippen LogP contribution in [-0.2, 0) is 9.59 Å². The summed E-state index contributed by atoms with van der Waals surface area (Å²) < 4.78 is 0. The van der Waals surface area contributed by atoms with Crippen LogP contribution in [0.15, 0.2) is 0 Å². The molecule has 0 aromatic rings. The maximum absolute atomic E-state index is 12.3. The van der Waals surface area contributed by atoms with E-state index in [1.54, 1.807) is 0 Å². The number of hydrogen-bond acceptors (Lipinski definition) is 4. The minimum absolute atomic E-state index is 0.0658. The van der Waals surface area contributed by atoms with Crippen LogP contribution in [0.25, 0.3) is 0 Å². The van der Waals surface area contributed by atoms with Gasteiger partial charge in [-0.15, -0.1) is 0 Å². The van der Waals surface area contributed by atoms with Crippen molar-refractivity contribution in [2.75, 3.05) is 0 Å². The van der Waals surface area contributed by atoms with E-state index in [1.807, 2.05) is 0 Å². The van der Waals surface area contributed by atoms with Crippen LogP contribution in [0.4, 0.5) is 0 Å². The van der Waals surface area contributed by atoms with Gasteiger partial charge in [-0.1, -0.05) is 12.8 Å². The number of nitro groups is 1. The van der Waals surface area contributed by atoms with Crippen LogP contribution in [0.5, 0.6) is 0 Å². The second-order valence-corrected chi connectivity index (χ2v) is 5.50. The molecule has 2 saturated carbocycles. The van der Waals surface area contributed by atoms with E-state index >= 15 is 0 Å². The highest BCUT2D eigenvalue weighted by Crippen LogP contribution is 2.40. The van der Waals surface area contributed by atoms with Gasteiger partial charge >= 0.3 is 0 Å². The molecule has 18 heavy (non-hydrogen) atoms. The molecule has 2 aliphatic carbocycles. The van der Waals surface area contributed by atoms with Crippen molar-refractivity contribution in [2.24, 2.45) is 5.92 Å². The monoisotopic (exact) mass is 253 g/mol. The zero-order chi connectivity index (χ0) is 13.2. The average molecular weight is 253 g/mol. The molecule has 2 atom stereocenters. The van der Waals surface area contributed by atoms with Crippen molar-refractivity contribution < 1.29 is 14.5 Å². The summed E-state index contributed by atoms with van der Waals surface area (Å²) in [4.78, 5) is 34.8. The third kappa shape index (κ3) is 2.18. The normalized spacial score (nSPS) is 34.1. The molecule has 0 aromatic heterocycles. The van der Waals surface area contributed by atoms with Crippen LogP contribution in [0.1, 0.15) is 57.8 Å². The third-order valence-corrected chi connectivity index (χ3v) is 4.44. The average Bonchev–Trinajstić information content (AvgIpc) is 2.71. The highest BCUT2D eigenvalue weighted by Gasteiger charge is 2.57. The number of Topliss-reactive ketones (excluding diaryl/α,β-unsaturated/α-hetero) is 2. The lowest BCUT2D eigenvalue weighted by Crippen LogP contribution is -2.52. The van der Waals surface area contributed by atoms with E-state index in [2.05, 4.69) is 0 Å². The van der Waals surface area contributed by atoms with Crippen LogP contribution >= 0.6 is 0 Å². The number of carbonyl (C=O) groups is 2. The van der Waals surface area contributed by atoms with Crippen LogP contribution in [0.3, 0.4) is 0 Å². The van der Waals surface area contributed by atoms with Crippen LogP contribution < -0.4 is 0 Å². The van der Waals surface area contributed by atoms with E-state index in [1.165, 1.54) is 0 Å². The SMILES string of the molecule is O=C1CCC(C2([N+](=O)[O-])CCCCCCC2=O)C1. The summed E-state index contributed by atoms with van der Waals surface area (Å²) in [6.45, 7) is 0. The van der Waals surface area contributed by atoms with Crippen LogP contribution in [-0.4, -0.2) is 22.0 Å². The van der Waals surface area contributed by atoms with Crippen molar-refractivity contribution in [3.05, 3.63) is 10.1 Å². The molecule has 2 unspecified atom stereocenters. The number of carbonyl (C=O) groups excluding carboxylic acids is 2. The van der Waals surface area contributed by atoms with Crippen molar-refractivity contribution in [1.82, 2.24) is 0 Å². The van der Waals surface area contributed by atoms with Gasteiger partial charge in [-0.25, -0.2) is 0 Å². The Kier molecular flexibility index (Phi) is 3.78. The Morgan fingerprint density at radius 3 is 2.44 bits per heavy atom. The summed E-state index contributed by atoms with van der Waals surface area (Å²) in [5.41, 5.74) is -1.47. The largest absolute Gasteiger partial charge is 0.300 e. The maximum atomic E-state index is 12.3. The fourth-order valence-corrected chi connectivity index (χ4v) is 3.39. The molecular formula is C13H19NO4. The molecule has 0 aliphatic heterocycles. The molecule has 0 amide bonds. The van der Waals surface area contributed by atoms with E-state index < -0.39 is 5.54 Å². The lowest BCUT2D eigenvalue weighted by molar-refractivity contribution is -0.564. The van der Waals surface area contributed by atoms with Gasteiger partial charge in [0, 0.05) is 36.5 Å². The summed E-state index contributed by atoms with van der Waals surface area (Å²) in [6.07, 6.45) is 5.12. The third-order valence-electron chi connectivity index (χ3n) is 4.44. The number of nitrogens with zero attached hydrogens (tertiary/aromatic N) is 1. The van der Waals surface area contributed by atoms with E-state index in [0.717, 1.165) is 25.7 Å². The Balaban J connectivity index is 2.30. The first-order chi connectivity index (χ1) is 8.57. The van der Waals surface area contributed by atoms with Crippen molar-refractivity contribution >= 4 is 11.6 Å². The van der Waals surface area contributed by atoms with E-state index in [4.69, 9.17) is 0 Å². The molecule has 0 saturated heterocycles. The molecule has 2 rings (SSSR count). The molecule has 100 valence electrons. The molecule has 5 heteroatoms. The minimum Gasteiger partial charge on any atom is -0.300 e. The standard InChI is InChI=1S/C13H19NO4/c15-11-7-6-10(9-11)13(14(17)18)8-4-2-1-3-5-12(13)16/h10H,1-9H2. The number of hydrogen-bond donors (Lipinski definition) is 0. The summed E-state index contributed by atoms with van der Waals surface area (Å²) in [5.74, 6) is -0.548. The van der Waals surface area contributed by atoms with Gasteiger partial charge in [0.2, 0.25) is 5.78 Å².